The predicted molar refractivity (Wildman–Crippen MR) is 84.9 cm³/mol. The second-order valence-corrected chi connectivity index (χ2v) is 6.10. The minimum absolute atomic E-state index is 0.00884. The van der Waals surface area contributed by atoms with Gasteiger partial charge in [0.25, 0.3) is 0 Å². The van der Waals surface area contributed by atoms with E-state index >= 15 is 0 Å². The molecular weight excluding hydrogens is 276 g/mol. The van der Waals surface area contributed by atoms with Gasteiger partial charge in [-0.3, -0.25) is 10.1 Å². The number of ether oxygens (including phenoxy) is 1. The SMILES string of the molecule is CCSCC(C)Nc1cccc(OC(C)C)c1[N+](=O)[O-]. The highest BCUT2D eigenvalue weighted by molar-refractivity contribution is 7.99. The van der Waals surface area contributed by atoms with Crippen LogP contribution in [0.4, 0.5) is 11.4 Å². The molecule has 0 amide bonds. The van der Waals surface area contributed by atoms with Crippen molar-refractivity contribution in [2.75, 3.05) is 16.8 Å². The highest BCUT2D eigenvalue weighted by Gasteiger charge is 2.22. The van der Waals surface area contributed by atoms with E-state index < -0.39 is 0 Å². The summed E-state index contributed by atoms with van der Waals surface area (Å²) in [5, 5.41) is 14.5. The van der Waals surface area contributed by atoms with E-state index in [-0.39, 0.29) is 22.8 Å². The molecule has 1 aromatic rings. The van der Waals surface area contributed by atoms with Gasteiger partial charge < -0.3 is 10.1 Å². The third kappa shape index (κ3) is 4.92. The summed E-state index contributed by atoms with van der Waals surface area (Å²) in [5.41, 5.74) is 0.520. The fraction of sp³-hybridized carbons (Fsp3) is 0.571. The Morgan fingerprint density at radius 1 is 1.40 bits per heavy atom. The summed E-state index contributed by atoms with van der Waals surface area (Å²) in [6, 6.07) is 5.29. The summed E-state index contributed by atoms with van der Waals surface area (Å²) in [5.74, 6) is 2.25. The first-order valence-corrected chi connectivity index (χ1v) is 7.89. The first kappa shape index (κ1) is 16.6. The maximum atomic E-state index is 11.3. The Hall–Kier alpha value is -1.43. The third-order valence-corrected chi connectivity index (χ3v) is 3.66. The Morgan fingerprint density at radius 3 is 2.65 bits per heavy atom. The van der Waals surface area contributed by atoms with Crippen LogP contribution < -0.4 is 10.1 Å². The molecule has 6 heteroatoms. The highest BCUT2D eigenvalue weighted by Crippen LogP contribution is 2.35. The van der Waals surface area contributed by atoms with Crippen molar-refractivity contribution in [3.8, 4) is 5.75 Å². The van der Waals surface area contributed by atoms with Crippen LogP contribution in [0.3, 0.4) is 0 Å². The average Bonchev–Trinajstić information content (AvgIpc) is 2.35. The number of para-hydroxylation sites is 1. The van der Waals surface area contributed by atoms with Crippen molar-refractivity contribution < 1.29 is 9.66 Å². The Labute approximate surface area is 124 Å². The standard InChI is InChI=1S/C14H22N2O3S/c1-5-20-9-11(4)15-12-7-6-8-13(19-10(2)3)14(12)16(17)18/h6-8,10-11,15H,5,9H2,1-4H3. The van der Waals surface area contributed by atoms with Crippen LogP contribution in [0.5, 0.6) is 5.75 Å². The van der Waals surface area contributed by atoms with Crippen LogP contribution in [-0.4, -0.2) is 28.6 Å². The number of nitrogens with zero attached hydrogens (tertiary/aromatic N) is 1. The molecule has 1 unspecified atom stereocenters. The second-order valence-electron chi connectivity index (χ2n) is 4.78. The monoisotopic (exact) mass is 298 g/mol. The van der Waals surface area contributed by atoms with Crippen molar-refractivity contribution in [1.82, 2.24) is 0 Å². The topological polar surface area (TPSA) is 64.4 Å². The van der Waals surface area contributed by atoms with Crippen molar-refractivity contribution in [2.45, 2.75) is 39.8 Å². The molecule has 0 aliphatic rings. The molecule has 0 aliphatic heterocycles. The smallest absolute Gasteiger partial charge is 0.333 e. The predicted octanol–water partition coefficient (Wildman–Crippen LogP) is 3.94. The summed E-state index contributed by atoms with van der Waals surface area (Å²) in [6.07, 6.45) is -0.1000. The lowest BCUT2D eigenvalue weighted by atomic mass is 10.2. The summed E-state index contributed by atoms with van der Waals surface area (Å²) < 4.78 is 5.52. The quantitative estimate of drug-likeness (QED) is 0.582. The maximum absolute atomic E-state index is 11.3. The molecular formula is C14H22N2O3S. The van der Waals surface area contributed by atoms with Gasteiger partial charge in [-0.2, -0.15) is 11.8 Å². The fourth-order valence-electron chi connectivity index (χ4n) is 1.78. The van der Waals surface area contributed by atoms with Crippen molar-refractivity contribution in [1.29, 1.82) is 0 Å². The van der Waals surface area contributed by atoms with Gasteiger partial charge in [0.2, 0.25) is 0 Å². The largest absolute Gasteiger partial charge is 0.484 e. The summed E-state index contributed by atoms with van der Waals surface area (Å²) >= 11 is 1.80. The lowest BCUT2D eigenvalue weighted by molar-refractivity contribution is -0.385. The molecule has 0 saturated heterocycles. The molecule has 0 aliphatic carbocycles. The van der Waals surface area contributed by atoms with Crippen molar-refractivity contribution in [3.05, 3.63) is 28.3 Å². The van der Waals surface area contributed by atoms with Crippen molar-refractivity contribution in [3.63, 3.8) is 0 Å². The molecule has 1 aromatic carbocycles. The highest BCUT2D eigenvalue weighted by atomic mass is 32.2. The van der Waals surface area contributed by atoms with E-state index in [4.69, 9.17) is 4.74 Å². The lowest BCUT2D eigenvalue weighted by Crippen LogP contribution is -2.19. The third-order valence-electron chi connectivity index (χ3n) is 2.52. The van der Waals surface area contributed by atoms with Gasteiger partial charge in [0.15, 0.2) is 5.75 Å². The van der Waals surface area contributed by atoms with Crippen LogP contribution in [0, 0.1) is 10.1 Å². The number of rotatable bonds is 8. The lowest BCUT2D eigenvalue weighted by Gasteiger charge is -2.17. The van der Waals surface area contributed by atoms with Crippen molar-refractivity contribution in [2.24, 2.45) is 0 Å². The Bertz CT molecular complexity index is 452. The summed E-state index contributed by atoms with van der Waals surface area (Å²) in [4.78, 5) is 10.9. The molecule has 0 radical (unpaired) electrons. The molecule has 0 bridgehead atoms. The van der Waals surface area contributed by atoms with Gasteiger partial charge >= 0.3 is 5.69 Å². The van der Waals surface area contributed by atoms with E-state index in [1.54, 1.807) is 30.0 Å². The van der Waals surface area contributed by atoms with Crippen LogP contribution in [0.15, 0.2) is 18.2 Å². The minimum Gasteiger partial charge on any atom is -0.484 e. The van der Waals surface area contributed by atoms with E-state index in [1.165, 1.54) is 0 Å². The van der Waals surface area contributed by atoms with Gasteiger partial charge in [0.1, 0.15) is 5.69 Å². The molecule has 0 saturated carbocycles. The van der Waals surface area contributed by atoms with Crippen LogP contribution >= 0.6 is 11.8 Å². The number of benzene rings is 1. The maximum Gasteiger partial charge on any atom is 0.333 e. The van der Waals surface area contributed by atoms with E-state index in [9.17, 15) is 10.1 Å². The van der Waals surface area contributed by atoms with Crippen LogP contribution in [0.1, 0.15) is 27.7 Å². The Kier molecular flexibility index (Phi) is 6.64. The molecule has 0 fully saturated rings. The summed E-state index contributed by atoms with van der Waals surface area (Å²) in [6.45, 7) is 7.81. The number of nitro benzene ring substituents is 1. The van der Waals surface area contributed by atoms with E-state index in [0.29, 0.717) is 11.4 Å². The van der Waals surface area contributed by atoms with Crippen LogP contribution in [0.2, 0.25) is 0 Å². The number of nitrogens with one attached hydrogen (secondary N) is 1. The van der Waals surface area contributed by atoms with Gasteiger partial charge in [-0.15, -0.1) is 0 Å². The van der Waals surface area contributed by atoms with Crippen molar-refractivity contribution >= 4 is 23.1 Å². The second kappa shape index (κ2) is 7.99. The number of hydrogen-bond donors (Lipinski definition) is 1. The first-order chi connectivity index (χ1) is 9.45. The zero-order chi connectivity index (χ0) is 15.1. The van der Waals surface area contributed by atoms with E-state index in [1.807, 2.05) is 20.8 Å². The summed E-state index contributed by atoms with van der Waals surface area (Å²) in [7, 11) is 0. The molecule has 112 valence electrons. The molecule has 0 spiro atoms. The zero-order valence-corrected chi connectivity index (χ0v) is 13.2. The van der Waals surface area contributed by atoms with Gasteiger partial charge in [0.05, 0.1) is 11.0 Å². The molecule has 0 aromatic heterocycles. The fourth-order valence-corrected chi connectivity index (χ4v) is 2.45. The minimum atomic E-state index is -0.389. The van der Waals surface area contributed by atoms with Crippen LogP contribution in [-0.2, 0) is 0 Å². The van der Waals surface area contributed by atoms with Crippen LogP contribution in [0.25, 0.3) is 0 Å². The van der Waals surface area contributed by atoms with E-state index in [0.717, 1.165) is 11.5 Å². The Balaban J connectivity index is 2.97. The number of anilines is 1. The zero-order valence-electron chi connectivity index (χ0n) is 12.4. The van der Waals surface area contributed by atoms with Gasteiger partial charge in [-0.25, -0.2) is 0 Å². The van der Waals surface area contributed by atoms with Gasteiger partial charge in [-0.05, 0) is 38.7 Å². The molecule has 0 heterocycles. The molecule has 1 atom stereocenters. The Morgan fingerprint density at radius 2 is 2.10 bits per heavy atom. The normalized spacial score (nSPS) is 12.2. The molecule has 1 N–H and O–H groups in total. The number of nitro groups is 1. The number of hydrogen-bond acceptors (Lipinski definition) is 5. The van der Waals surface area contributed by atoms with Gasteiger partial charge in [0, 0.05) is 11.8 Å². The first-order valence-electron chi connectivity index (χ1n) is 6.74. The number of thioether (sulfide) groups is 1. The molecule has 5 nitrogen and oxygen atoms in total. The molecule has 20 heavy (non-hydrogen) atoms. The molecule has 1 rings (SSSR count). The average molecular weight is 298 g/mol. The van der Waals surface area contributed by atoms with Gasteiger partial charge in [-0.1, -0.05) is 13.0 Å². The van der Waals surface area contributed by atoms with E-state index in [2.05, 4.69) is 12.2 Å².